The topological polar surface area (TPSA) is 21.3 Å². The Balaban J connectivity index is 2.34. The smallest absolute Gasteiger partial charge is 0.0587 e. The first-order valence-corrected chi connectivity index (χ1v) is 6.64. The molecular weight excluding hydrogens is 218 g/mol. The van der Waals surface area contributed by atoms with E-state index in [0.717, 1.165) is 26.1 Å². The molecule has 0 aliphatic rings. The monoisotopic (exact) mass is 241 g/mol. The second-order valence-electron chi connectivity index (χ2n) is 4.79. The fraction of sp³-hybridized carbons (Fsp3) is 0.692. The molecule has 0 amide bonds. The van der Waals surface area contributed by atoms with Gasteiger partial charge in [0.05, 0.1) is 6.61 Å². The first-order chi connectivity index (χ1) is 7.56. The van der Waals surface area contributed by atoms with E-state index in [0.29, 0.717) is 0 Å². The zero-order chi connectivity index (χ0) is 12.0. The van der Waals surface area contributed by atoms with Crippen LogP contribution in [0.2, 0.25) is 0 Å². The lowest BCUT2D eigenvalue weighted by Gasteiger charge is -2.23. The highest BCUT2D eigenvalue weighted by molar-refractivity contribution is 7.12. The van der Waals surface area contributed by atoms with Gasteiger partial charge in [-0.05, 0) is 32.0 Å². The summed E-state index contributed by atoms with van der Waals surface area (Å²) in [5.41, 5.74) is 0.277. The van der Waals surface area contributed by atoms with E-state index in [1.165, 1.54) is 9.75 Å². The molecule has 0 aliphatic carbocycles. The van der Waals surface area contributed by atoms with Gasteiger partial charge in [0.2, 0.25) is 0 Å². The van der Waals surface area contributed by atoms with Gasteiger partial charge in [-0.15, -0.1) is 11.3 Å². The van der Waals surface area contributed by atoms with Gasteiger partial charge in [0.1, 0.15) is 0 Å². The van der Waals surface area contributed by atoms with Crippen molar-refractivity contribution < 1.29 is 4.74 Å². The third-order valence-electron chi connectivity index (χ3n) is 2.82. The predicted octanol–water partition coefficient (Wildman–Crippen LogP) is 2.96. The lowest BCUT2D eigenvalue weighted by atomic mass is 9.87. The first kappa shape index (κ1) is 13.7. The van der Waals surface area contributed by atoms with Gasteiger partial charge < -0.3 is 10.1 Å². The molecule has 0 aromatic carbocycles. The fourth-order valence-electron chi connectivity index (χ4n) is 1.62. The lowest BCUT2D eigenvalue weighted by molar-refractivity contribution is 0.198. The molecule has 1 aromatic heterocycles. The second kappa shape index (κ2) is 6.38. The molecule has 0 spiro atoms. The maximum atomic E-state index is 5.00. The summed E-state index contributed by atoms with van der Waals surface area (Å²) in [4.78, 5) is 2.88. The average molecular weight is 241 g/mol. The van der Waals surface area contributed by atoms with Crippen LogP contribution < -0.4 is 5.32 Å². The Morgan fingerprint density at radius 2 is 2.06 bits per heavy atom. The number of nitrogens with one attached hydrogen (secondary N) is 1. The van der Waals surface area contributed by atoms with Gasteiger partial charge in [-0.25, -0.2) is 0 Å². The Morgan fingerprint density at radius 1 is 1.31 bits per heavy atom. The summed E-state index contributed by atoms with van der Waals surface area (Å²) in [5, 5.41) is 3.40. The van der Waals surface area contributed by atoms with Crippen molar-refractivity contribution in [3.8, 4) is 0 Å². The molecule has 92 valence electrons. The van der Waals surface area contributed by atoms with Crippen molar-refractivity contribution >= 4 is 11.3 Å². The van der Waals surface area contributed by atoms with E-state index in [2.05, 4.69) is 38.2 Å². The van der Waals surface area contributed by atoms with Crippen LogP contribution in [-0.4, -0.2) is 26.8 Å². The molecule has 3 heteroatoms. The summed E-state index contributed by atoms with van der Waals surface area (Å²) >= 11 is 1.91. The Hall–Kier alpha value is -0.380. The van der Waals surface area contributed by atoms with Gasteiger partial charge in [0, 0.05) is 28.8 Å². The lowest BCUT2D eigenvalue weighted by Crippen LogP contribution is -2.26. The number of rotatable bonds is 7. The minimum absolute atomic E-state index is 0.277. The summed E-state index contributed by atoms with van der Waals surface area (Å²) in [6.45, 7) is 9.58. The van der Waals surface area contributed by atoms with E-state index in [1.807, 2.05) is 11.3 Å². The van der Waals surface area contributed by atoms with Crippen LogP contribution in [-0.2, 0) is 10.2 Å². The number of aryl methyl sites for hydroxylation is 1. The summed E-state index contributed by atoms with van der Waals surface area (Å²) in [7, 11) is 1.74. The summed E-state index contributed by atoms with van der Waals surface area (Å²) in [6.07, 6.45) is 1.16. The molecule has 16 heavy (non-hydrogen) atoms. The van der Waals surface area contributed by atoms with Crippen molar-refractivity contribution in [2.45, 2.75) is 32.6 Å². The summed E-state index contributed by atoms with van der Waals surface area (Å²) < 4.78 is 5.00. The van der Waals surface area contributed by atoms with Gasteiger partial charge in [-0.1, -0.05) is 13.8 Å². The van der Waals surface area contributed by atoms with Gasteiger partial charge in [-0.2, -0.15) is 0 Å². The highest BCUT2D eigenvalue weighted by atomic mass is 32.1. The molecule has 0 saturated heterocycles. The minimum atomic E-state index is 0.277. The highest BCUT2D eigenvalue weighted by Gasteiger charge is 2.21. The second-order valence-corrected chi connectivity index (χ2v) is 6.07. The van der Waals surface area contributed by atoms with E-state index in [-0.39, 0.29) is 5.41 Å². The van der Waals surface area contributed by atoms with E-state index < -0.39 is 0 Å². The molecule has 0 bridgehead atoms. The quantitative estimate of drug-likeness (QED) is 0.741. The normalized spacial score (nSPS) is 12.0. The van der Waals surface area contributed by atoms with Crippen LogP contribution in [0.15, 0.2) is 12.1 Å². The molecule has 0 fully saturated rings. The number of hydrogen-bond donors (Lipinski definition) is 1. The van der Waals surface area contributed by atoms with Crippen LogP contribution in [0, 0.1) is 6.92 Å². The van der Waals surface area contributed by atoms with Crippen LogP contribution in [0.3, 0.4) is 0 Å². The summed E-state index contributed by atoms with van der Waals surface area (Å²) in [6, 6.07) is 4.47. The van der Waals surface area contributed by atoms with Crippen molar-refractivity contribution in [1.82, 2.24) is 5.32 Å². The van der Waals surface area contributed by atoms with Crippen LogP contribution in [0.5, 0.6) is 0 Å². The van der Waals surface area contributed by atoms with Crippen LogP contribution in [0.1, 0.15) is 30.0 Å². The van der Waals surface area contributed by atoms with E-state index in [1.54, 1.807) is 7.11 Å². The third-order valence-corrected chi connectivity index (χ3v) is 4.18. The van der Waals surface area contributed by atoms with Gasteiger partial charge in [0.25, 0.3) is 0 Å². The Bertz CT molecular complexity index is 307. The average Bonchev–Trinajstić information content (AvgIpc) is 2.65. The minimum Gasteiger partial charge on any atom is -0.383 e. The molecule has 0 radical (unpaired) electrons. The van der Waals surface area contributed by atoms with E-state index >= 15 is 0 Å². The molecule has 0 aliphatic heterocycles. The molecule has 2 nitrogen and oxygen atoms in total. The Labute approximate surface area is 103 Å². The zero-order valence-electron chi connectivity index (χ0n) is 10.8. The van der Waals surface area contributed by atoms with Gasteiger partial charge >= 0.3 is 0 Å². The van der Waals surface area contributed by atoms with Crippen molar-refractivity contribution in [3.63, 3.8) is 0 Å². The molecule has 1 N–H and O–H groups in total. The zero-order valence-corrected chi connectivity index (χ0v) is 11.6. The molecule has 0 atom stereocenters. The van der Waals surface area contributed by atoms with Crippen molar-refractivity contribution in [3.05, 3.63) is 21.9 Å². The largest absolute Gasteiger partial charge is 0.383 e. The number of methoxy groups -OCH3 is 1. The maximum absolute atomic E-state index is 5.00. The van der Waals surface area contributed by atoms with Gasteiger partial charge in [0.15, 0.2) is 0 Å². The molecule has 0 saturated carbocycles. The van der Waals surface area contributed by atoms with Crippen molar-refractivity contribution in [2.75, 3.05) is 26.8 Å². The summed E-state index contributed by atoms with van der Waals surface area (Å²) in [5.74, 6) is 0. The van der Waals surface area contributed by atoms with Gasteiger partial charge in [-0.3, -0.25) is 0 Å². The van der Waals surface area contributed by atoms with Crippen LogP contribution >= 0.6 is 11.3 Å². The van der Waals surface area contributed by atoms with Crippen LogP contribution in [0.25, 0.3) is 0 Å². The number of hydrogen-bond acceptors (Lipinski definition) is 3. The first-order valence-electron chi connectivity index (χ1n) is 5.83. The fourth-order valence-corrected chi connectivity index (χ4v) is 2.62. The van der Waals surface area contributed by atoms with Crippen molar-refractivity contribution in [1.29, 1.82) is 0 Å². The molecule has 1 rings (SSSR count). The van der Waals surface area contributed by atoms with Crippen molar-refractivity contribution in [2.24, 2.45) is 0 Å². The maximum Gasteiger partial charge on any atom is 0.0587 e. The number of thiophene rings is 1. The SMILES string of the molecule is COCCNCCC(C)(C)c1ccc(C)s1. The van der Waals surface area contributed by atoms with E-state index in [4.69, 9.17) is 4.74 Å². The third kappa shape index (κ3) is 4.24. The van der Waals surface area contributed by atoms with Crippen LogP contribution in [0.4, 0.5) is 0 Å². The highest BCUT2D eigenvalue weighted by Crippen LogP contribution is 2.32. The molecule has 0 unspecified atom stereocenters. The standard InChI is InChI=1S/C13H23NOS/c1-11-5-6-12(16-11)13(2,3)7-8-14-9-10-15-4/h5-6,14H,7-10H2,1-4H3. The molecule has 1 aromatic rings. The predicted molar refractivity (Wildman–Crippen MR) is 71.4 cm³/mol. The number of ether oxygens (including phenoxy) is 1. The Kier molecular flexibility index (Phi) is 5.46. The van der Waals surface area contributed by atoms with E-state index in [9.17, 15) is 0 Å². The molecular formula is C13H23NOS. The molecule has 1 heterocycles. The Morgan fingerprint density at radius 3 is 2.62 bits per heavy atom.